The number of rotatable bonds is 9. The van der Waals surface area contributed by atoms with Crippen molar-refractivity contribution in [2.24, 2.45) is 5.92 Å². The third-order valence-corrected chi connectivity index (χ3v) is 4.27. The number of nitrogens with one attached hydrogen (secondary N) is 1. The number of hydrogen-bond donors (Lipinski definition) is 1. The molecule has 0 saturated carbocycles. The molecule has 0 heterocycles. The third kappa shape index (κ3) is 4.52. The summed E-state index contributed by atoms with van der Waals surface area (Å²) in [5.41, 5.74) is 1.09. The van der Waals surface area contributed by atoms with Crippen LogP contribution >= 0.6 is 11.6 Å². The van der Waals surface area contributed by atoms with Gasteiger partial charge < -0.3 is 14.8 Å². The van der Waals surface area contributed by atoms with Crippen molar-refractivity contribution in [3.8, 4) is 11.5 Å². The molecule has 120 valence electrons. The van der Waals surface area contributed by atoms with Crippen LogP contribution in [0, 0.1) is 5.92 Å². The van der Waals surface area contributed by atoms with E-state index in [-0.39, 0.29) is 6.04 Å². The Balaban J connectivity index is 3.19. The zero-order chi connectivity index (χ0) is 15.8. The minimum Gasteiger partial charge on any atom is -0.493 e. The first-order chi connectivity index (χ1) is 10.1. The van der Waals surface area contributed by atoms with Crippen molar-refractivity contribution in [3.63, 3.8) is 0 Å². The normalized spacial score (nSPS) is 12.5. The summed E-state index contributed by atoms with van der Waals surface area (Å²) >= 11 is 6.48. The van der Waals surface area contributed by atoms with Crippen LogP contribution in [0.1, 0.15) is 51.1 Å². The number of methoxy groups -OCH3 is 2. The second kappa shape index (κ2) is 9.16. The molecule has 1 N–H and O–H groups in total. The van der Waals surface area contributed by atoms with Gasteiger partial charge in [0.25, 0.3) is 0 Å². The molecule has 1 aromatic rings. The van der Waals surface area contributed by atoms with Crippen LogP contribution in [0.25, 0.3) is 0 Å². The molecule has 21 heavy (non-hydrogen) atoms. The summed E-state index contributed by atoms with van der Waals surface area (Å²) < 4.78 is 10.7. The number of halogens is 1. The van der Waals surface area contributed by atoms with Crippen LogP contribution in [-0.4, -0.2) is 21.3 Å². The van der Waals surface area contributed by atoms with Crippen molar-refractivity contribution in [2.75, 3.05) is 21.3 Å². The van der Waals surface area contributed by atoms with Crippen LogP contribution in [0.15, 0.2) is 12.1 Å². The fraction of sp³-hybridized carbons (Fsp3) is 0.647. The van der Waals surface area contributed by atoms with E-state index in [1.54, 1.807) is 14.2 Å². The first-order valence-corrected chi connectivity index (χ1v) is 8.09. The molecule has 1 atom stereocenters. The molecule has 0 spiro atoms. The van der Waals surface area contributed by atoms with E-state index in [0.717, 1.165) is 16.3 Å². The lowest BCUT2D eigenvalue weighted by molar-refractivity contribution is 0.326. The Morgan fingerprint density at radius 3 is 2.00 bits per heavy atom. The molecule has 0 aliphatic carbocycles. The zero-order valence-corrected chi connectivity index (χ0v) is 14.6. The van der Waals surface area contributed by atoms with E-state index in [1.165, 1.54) is 25.7 Å². The Kier molecular flexibility index (Phi) is 7.91. The molecule has 0 bridgehead atoms. The Bertz CT molecular complexity index is 431. The van der Waals surface area contributed by atoms with E-state index in [2.05, 4.69) is 19.2 Å². The molecule has 0 radical (unpaired) electrons. The highest BCUT2D eigenvalue weighted by molar-refractivity contribution is 6.31. The van der Waals surface area contributed by atoms with Gasteiger partial charge in [-0.05, 0) is 37.4 Å². The Labute approximate surface area is 134 Å². The highest BCUT2D eigenvalue weighted by Crippen LogP contribution is 2.39. The SMILES string of the molecule is CCCC(CCC)C(NC)c1cc(OC)c(OC)cc1Cl. The van der Waals surface area contributed by atoms with Gasteiger partial charge >= 0.3 is 0 Å². The van der Waals surface area contributed by atoms with Crippen LogP contribution in [0.2, 0.25) is 5.02 Å². The topological polar surface area (TPSA) is 30.5 Å². The second-order valence-corrected chi connectivity index (χ2v) is 5.74. The van der Waals surface area contributed by atoms with Crippen molar-refractivity contribution in [1.82, 2.24) is 5.32 Å². The fourth-order valence-electron chi connectivity index (χ4n) is 2.97. The smallest absolute Gasteiger partial charge is 0.162 e. The van der Waals surface area contributed by atoms with Crippen molar-refractivity contribution in [1.29, 1.82) is 0 Å². The lowest BCUT2D eigenvalue weighted by Crippen LogP contribution is -2.25. The van der Waals surface area contributed by atoms with Gasteiger partial charge in [-0.3, -0.25) is 0 Å². The van der Waals surface area contributed by atoms with E-state index in [4.69, 9.17) is 21.1 Å². The molecule has 0 aliphatic rings. The van der Waals surface area contributed by atoms with Crippen LogP contribution < -0.4 is 14.8 Å². The zero-order valence-electron chi connectivity index (χ0n) is 13.8. The maximum atomic E-state index is 6.48. The lowest BCUT2D eigenvalue weighted by Gasteiger charge is -2.28. The van der Waals surface area contributed by atoms with Gasteiger partial charge in [-0.25, -0.2) is 0 Å². The Morgan fingerprint density at radius 2 is 1.57 bits per heavy atom. The summed E-state index contributed by atoms with van der Waals surface area (Å²) in [5, 5.41) is 4.16. The average Bonchev–Trinajstić information content (AvgIpc) is 2.49. The molecule has 4 heteroatoms. The van der Waals surface area contributed by atoms with Gasteiger partial charge in [-0.15, -0.1) is 0 Å². The predicted molar refractivity (Wildman–Crippen MR) is 89.7 cm³/mol. The van der Waals surface area contributed by atoms with E-state index in [9.17, 15) is 0 Å². The number of hydrogen-bond acceptors (Lipinski definition) is 3. The van der Waals surface area contributed by atoms with Gasteiger partial charge in [0.05, 0.1) is 14.2 Å². The Hall–Kier alpha value is -0.930. The molecular weight excluding hydrogens is 286 g/mol. The lowest BCUT2D eigenvalue weighted by atomic mass is 9.86. The maximum absolute atomic E-state index is 6.48. The quantitative estimate of drug-likeness (QED) is 0.708. The molecule has 0 saturated heterocycles. The third-order valence-electron chi connectivity index (χ3n) is 3.94. The largest absolute Gasteiger partial charge is 0.493 e. The molecule has 0 amide bonds. The molecule has 0 aromatic heterocycles. The summed E-state index contributed by atoms with van der Waals surface area (Å²) in [6.45, 7) is 4.46. The second-order valence-electron chi connectivity index (χ2n) is 5.33. The maximum Gasteiger partial charge on any atom is 0.162 e. The van der Waals surface area contributed by atoms with E-state index < -0.39 is 0 Å². The fourth-order valence-corrected chi connectivity index (χ4v) is 3.24. The van der Waals surface area contributed by atoms with Gasteiger partial charge in [0, 0.05) is 17.1 Å². The predicted octanol–water partition coefficient (Wildman–Crippen LogP) is 4.83. The highest BCUT2D eigenvalue weighted by atomic mass is 35.5. The first kappa shape index (κ1) is 18.1. The molecule has 0 aliphatic heterocycles. The molecule has 3 nitrogen and oxygen atoms in total. The standard InChI is InChI=1S/C17H28ClNO2/c1-6-8-12(9-7-2)17(19-3)13-10-15(20-4)16(21-5)11-14(13)18/h10-12,17,19H,6-9H2,1-5H3. The van der Waals surface area contributed by atoms with E-state index in [0.29, 0.717) is 11.7 Å². The average molecular weight is 314 g/mol. The Morgan fingerprint density at radius 1 is 1.05 bits per heavy atom. The van der Waals surface area contributed by atoms with E-state index >= 15 is 0 Å². The molecule has 0 fully saturated rings. The number of benzene rings is 1. The van der Waals surface area contributed by atoms with Gasteiger partial charge in [0.15, 0.2) is 11.5 Å². The van der Waals surface area contributed by atoms with Crippen molar-refractivity contribution >= 4 is 11.6 Å². The van der Waals surface area contributed by atoms with Crippen LogP contribution in [-0.2, 0) is 0 Å². The summed E-state index contributed by atoms with van der Waals surface area (Å²) in [6, 6.07) is 4.08. The van der Waals surface area contributed by atoms with Gasteiger partial charge in [-0.1, -0.05) is 38.3 Å². The first-order valence-electron chi connectivity index (χ1n) is 7.71. The summed E-state index contributed by atoms with van der Waals surface area (Å²) in [6.07, 6.45) is 4.72. The molecule has 1 rings (SSSR count). The van der Waals surface area contributed by atoms with E-state index in [1.807, 2.05) is 19.2 Å². The van der Waals surface area contributed by atoms with Crippen molar-refractivity contribution in [2.45, 2.75) is 45.6 Å². The number of ether oxygens (including phenoxy) is 2. The van der Waals surface area contributed by atoms with Gasteiger partial charge in [0.1, 0.15) is 0 Å². The van der Waals surface area contributed by atoms with Gasteiger partial charge in [0.2, 0.25) is 0 Å². The summed E-state index contributed by atoms with van der Waals surface area (Å²) in [4.78, 5) is 0. The monoisotopic (exact) mass is 313 g/mol. The van der Waals surface area contributed by atoms with Crippen molar-refractivity contribution < 1.29 is 9.47 Å². The summed E-state index contributed by atoms with van der Waals surface area (Å²) in [5.74, 6) is 1.97. The molecular formula is C17H28ClNO2. The molecule has 1 unspecified atom stereocenters. The molecule has 1 aromatic carbocycles. The minimum absolute atomic E-state index is 0.234. The van der Waals surface area contributed by atoms with Crippen LogP contribution in [0.4, 0.5) is 0 Å². The van der Waals surface area contributed by atoms with Crippen LogP contribution in [0.5, 0.6) is 11.5 Å². The summed E-state index contributed by atoms with van der Waals surface area (Å²) in [7, 11) is 5.27. The van der Waals surface area contributed by atoms with Gasteiger partial charge in [-0.2, -0.15) is 0 Å². The van der Waals surface area contributed by atoms with Crippen molar-refractivity contribution in [3.05, 3.63) is 22.7 Å². The highest BCUT2D eigenvalue weighted by Gasteiger charge is 2.24. The minimum atomic E-state index is 0.234. The van der Waals surface area contributed by atoms with Crippen LogP contribution in [0.3, 0.4) is 0 Å².